The number of nitrogens with zero attached hydrogens (tertiary/aromatic N) is 6. The molecule has 1 N–H and O–H groups in total. The molecular formula is C18H23N7O2. The van der Waals surface area contributed by atoms with E-state index in [9.17, 15) is 4.79 Å². The van der Waals surface area contributed by atoms with Gasteiger partial charge in [0.05, 0.1) is 24.8 Å². The van der Waals surface area contributed by atoms with Gasteiger partial charge in [-0.3, -0.25) is 14.6 Å². The van der Waals surface area contributed by atoms with E-state index in [-0.39, 0.29) is 11.9 Å². The summed E-state index contributed by atoms with van der Waals surface area (Å²) in [6.07, 6.45) is 1.75. The van der Waals surface area contributed by atoms with Crippen LogP contribution in [0.4, 0.5) is 5.82 Å². The predicted molar refractivity (Wildman–Crippen MR) is 102 cm³/mol. The van der Waals surface area contributed by atoms with E-state index in [4.69, 9.17) is 9.72 Å². The van der Waals surface area contributed by atoms with E-state index in [1.807, 2.05) is 19.2 Å². The number of aromatic nitrogens is 5. The van der Waals surface area contributed by atoms with Crippen molar-refractivity contribution in [3.05, 3.63) is 23.9 Å². The molecule has 0 aromatic carbocycles. The number of pyridine rings is 1. The van der Waals surface area contributed by atoms with Crippen molar-refractivity contribution >= 4 is 22.8 Å². The van der Waals surface area contributed by atoms with Gasteiger partial charge in [0, 0.05) is 33.9 Å². The number of anilines is 1. The molecule has 1 fully saturated rings. The number of hydrogen-bond acceptors (Lipinski definition) is 6. The lowest BCUT2D eigenvalue weighted by molar-refractivity contribution is 0.0828. The summed E-state index contributed by atoms with van der Waals surface area (Å²) in [5.74, 6) is 0.675. The number of carbonyl (C=O) groups excluding carboxylic acids is 1. The van der Waals surface area contributed by atoms with Crippen molar-refractivity contribution in [1.29, 1.82) is 0 Å². The number of carbonyl (C=O) groups is 1. The molecule has 4 rings (SSSR count). The Labute approximate surface area is 156 Å². The van der Waals surface area contributed by atoms with Crippen molar-refractivity contribution in [3.8, 4) is 11.4 Å². The highest BCUT2D eigenvalue weighted by Gasteiger charge is 2.27. The molecule has 0 saturated carbocycles. The summed E-state index contributed by atoms with van der Waals surface area (Å²) >= 11 is 0. The zero-order valence-corrected chi connectivity index (χ0v) is 15.9. The summed E-state index contributed by atoms with van der Waals surface area (Å²) in [7, 11) is 5.32. The molecule has 0 aliphatic carbocycles. The normalized spacial score (nSPS) is 17.5. The minimum absolute atomic E-state index is 0.0823. The highest BCUT2D eigenvalue weighted by molar-refractivity contribution is 6.08. The van der Waals surface area contributed by atoms with Crippen LogP contribution in [0.2, 0.25) is 0 Å². The predicted octanol–water partition coefficient (Wildman–Crippen LogP) is 1.29. The first-order chi connectivity index (χ1) is 13.0. The molecule has 0 bridgehead atoms. The molecule has 9 nitrogen and oxygen atoms in total. The maximum Gasteiger partial charge on any atom is 0.255 e. The van der Waals surface area contributed by atoms with E-state index in [0.29, 0.717) is 41.2 Å². The summed E-state index contributed by atoms with van der Waals surface area (Å²) < 4.78 is 7.25. The van der Waals surface area contributed by atoms with Crippen molar-refractivity contribution in [2.75, 3.05) is 38.8 Å². The van der Waals surface area contributed by atoms with Crippen molar-refractivity contribution < 1.29 is 9.53 Å². The number of fused-ring (bicyclic) bond motifs is 1. The highest BCUT2D eigenvalue weighted by Crippen LogP contribution is 2.31. The van der Waals surface area contributed by atoms with Crippen LogP contribution in [0.5, 0.6) is 0 Å². The Balaban J connectivity index is 1.97. The lowest BCUT2D eigenvalue weighted by Crippen LogP contribution is -2.44. The molecule has 1 aliphatic rings. The Kier molecular flexibility index (Phi) is 4.31. The number of aryl methyl sites for hydroxylation is 1. The molecule has 0 radical (unpaired) electrons. The highest BCUT2D eigenvalue weighted by atomic mass is 16.5. The number of nitrogens with one attached hydrogen (secondary N) is 1. The monoisotopic (exact) mass is 369 g/mol. The summed E-state index contributed by atoms with van der Waals surface area (Å²) in [4.78, 5) is 21.6. The second-order valence-electron chi connectivity index (χ2n) is 6.97. The Bertz CT molecular complexity index is 977. The molecule has 142 valence electrons. The van der Waals surface area contributed by atoms with Crippen LogP contribution >= 0.6 is 0 Å². The van der Waals surface area contributed by atoms with Crippen LogP contribution < -0.4 is 4.90 Å². The molecule has 0 spiro atoms. The van der Waals surface area contributed by atoms with E-state index < -0.39 is 0 Å². The maximum absolute atomic E-state index is 12.9. The van der Waals surface area contributed by atoms with Gasteiger partial charge in [0.15, 0.2) is 0 Å². The van der Waals surface area contributed by atoms with Gasteiger partial charge >= 0.3 is 0 Å². The number of ether oxygens (including phenoxy) is 1. The molecular weight excluding hydrogens is 346 g/mol. The number of hydrogen-bond donors (Lipinski definition) is 1. The lowest BCUT2D eigenvalue weighted by Gasteiger charge is -2.34. The molecule has 1 amide bonds. The van der Waals surface area contributed by atoms with Crippen LogP contribution in [0, 0.1) is 0 Å². The fourth-order valence-electron chi connectivity index (χ4n) is 3.45. The van der Waals surface area contributed by atoms with Crippen molar-refractivity contribution in [2.45, 2.75) is 13.0 Å². The third-order valence-electron chi connectivity index (χ3n) is 4.82. The van der Waals surface area contributed by atoms with Crippen LogP contribution in [0.1, 0.15) is 17.3 Å². The van der Waals surface area contributed by atoms with Gasteiger partial charge in [-0.15, -0.1) is 0 Å². The zero-order chi connectivity index (χ0) is 19.1. The van der Waals surface area contributed by atoms with Crippen molar-refractivity contribution in [1.82, 2.24) is 29.9 Å². The Morgan fingerprint density at radius 3 is 2.89 bits per heavy atom. The number of rotatable bonds is 3. The average molecular weight is 369 g/mol. The SMILES string of the molecule is CC1COCCN1c1cc(C(=O)N(C)C)c2c(n1)c(-c1cc[nH]n1)nn2C. The molecule has 4 heterocycles. The minimum Gasteiger partial charge on any atom is -0.377 e. The van der Waals surface area contributed by atoms with Crippen molar-refractivity contribution in [3.63, 3.8) is 0 Å². The van der Waals surface area contributed by atoms with Gasteiger partial charge in [-0.1, -0.05) is 0 Å². The molecule has 27 heavy (non-hydrogen) atoms. The van der Waals surface area contributed by atoms with Gasteiger partial charge in [-0.05, 0) is 19.1 Å². The minimum atomic E-state index is -0.0823. The number of amides is 1. The van der Waals surface area contributed by atoms with E-state index >= 15 is 0 Å². The van der Waals surface area contributed by atoms with Crippen LogP contribution in [0.15, 0.2) is 18.3 Å². The van der Waals surface area contributed by atoms with E-state index in [2.05, 4.69) is 27.1 Å². The number of morpholine rings is 1. The molecule has 1 saturated heterocycles. The van der Waals surface area contributed by atoms with Crippen LogP contribution in [-0.2, 0) is 11.8 Å². The van der Waals surface area contributed by atoms with Gasteiger partial charge in [0.25, 0.3) is 5.91 Å². The molecule has 3 aromatic rings. The molecule has 1 atom stereocenters. The molecule has 1 unspecified atom stereocenters. The number of H-pyrrole nitrogens is 1. The summed E-state index contributed by atoms with van der Waals surface area (Å²) in [5.41, 5.74) is 3.31. The Hall–Kier alpha value is -2.94. The third-order valence-corrected chi connectivity index (χ3v) is 4.82. The standard InChI is InChI=1S/C18H23N7O2/c1-11-10-27-8-7-25(11)14-9-12(18(26)23(2)3)17-16(20-14)15(22-24(17)4)13-5-6-19-21-13/h5-6,9,11H,7-8,10H2,1-4H3,(H,19,21). The quantitative estimate of drug-likeness (QED) is 0.748. The van der Waals surface area contributed by atoms with Crippen LogP contribution in [-0.4, -0.2) is 75.7 Å². The molecule has 9 heteroatoms. The first-order valence-electron chi connectivity index (χ1n) is 8.91. The Morgan fingerprint density at radius 2 is 2.22 bits per heavy atom. The number of aromatic amines is 1. The smallest absolute Gasteiger partial charge is 0.255 e. The molecule has 1 aliphatic heterocycles. The second kappa shape index (κ2) is 6.66. The first-order valence-corrected chi connectivity index (χ1v) is 8.91. The summed E-state index contributed by atoms with van der Waals surface area (Å²) in [6, 6.07) is 3.89. The fourth-order valence-corrected chi connectivity index (χ4v) is 3.45. The van der Waals surface area contributed by atoms with E-state index in [0.717, 1.165) is 12.4 Å². The lowest BCUT2D eigenvalue weighted by atomic mass is 10.1. The second-order valence-corrected chi connectivity index (χ2v) is 6.97. The van der Waals surface area contributed by atoms with Gasteiger partial charge in [-0.2, -0.15) is 10.2 Å². The zero-order valence-electron chi connectivity index (χ0n) is 15.9. The van der Waals surface area contributed by atoms with Gasteiger partial charge in [0.1, 0.15) is 28.2 Å². The van der Waals surface area contributed by atoms with Crippen molar-refractivity contribution in [2.24, 2.45) is 7.05 Å². The van der Waals surface area contributed by atoms with Crippen LogP contribution in [0.3, 0.4) is 0 Å². The molecule has 3 aromatic heterocycles. The summed E-state index contributed by atoms with van der Waals surface area (Å²) in [5, 5.41) is 11.7. The topological polar surface area (TPSA) is 92.2 Å². The van der Waals surface area contributed by atoms with E-state index in [1.54, 1.807) is 29.9 Å². The van der Waals surface area contributed by atoms with Gasteiger partial charge in [0.2, 0.25) is 0 Å². The summed E-state index contributed by atoms with van der Waals surface area (Å²) in [6.45, 7) is 4.10. The maximum atomic E-state index is 12.9. The first kappa shape index (κ1) is 17.5. The third kappa shape index (κ3) is 2.93. The van der Waals surface area contributed by atoms with Gasteiger partial charge < -0.3 is 14.5 Å². The fraction of sp³-hybridized carbons (Fsp3) is 0.444. The van der Waals surface area contributed by atoms with Crippen LogP contribution in [0.25, 0.3) is 22.4 Å². The largest absolute Gasteiger partial charge is 0.377 e. The average Bonchev–Trinajstić information content (AvgIpc) is 3.29. The van der Waals surface area contributed by atoms with E-state index in [1.165, 1.54) is 0 Å². The Morgan fingerprint density at radius 1 is 1.41 bits per heavy atom. The van der Waals surface area contributed by atoms with Gasteiger partial charge in [-0.25, -0.2) is 4.98 Å².